The van der Waals surface area contributed by atoms with Crippen LogP contribution in [0.5, 0.6) is 0 Å². The SMILES string of the molecule is CCCc1nnsc1C(NN)c1ccoc1. The van der Waals surface area contributed by atoms with Crippen molar-refractivity contribution in [2.75, 3.05) is 0 Å². The molecular formula is C10H14N4OS. The maximum absolute atomic E-state index is 5.58. The Morgan fingerprint density at radius 1 is 1.62 bits per heavy atom. The Hall–Kier alpha value is -1.24. The molecule has 1 unspecified atom stereocenters. The zero-order valence-electron chi connectivity index (χ0n) is 9.01. The summed E-state index contributed by atoms with van der Waals surface area (Å²) >= 11 is 1.38. The van der Waals surface area contributed by atoms with Crippen molar-refractivity contribution in [2.24, 2.45) is 5.84 Å². The lowest BCUT2D eigenvalue weighted by molar-refractivity contribution is 0.553. The standard InChI is InChI=1S/C10H14N4OS/c1-2-3-8-10(16-14-13-8)9(12-11)7-4-5-15-6-7/h4-6,9,12H,2-3,11H2,1H3. The summed E-state index contributed by atoms with van der Waals surface area (Å²) < 4.78 is 9.05. The fraction of sp³-hybridized carbons (Fsp3) is 0.400. The molecule has 0 aliphatic heterocycles. The van der Waals surface area contributed by atoms with Gasteiger partial charge in [-0.25, -0.2) is 5.43 Å². The highest BCUT2D eigenvalue weighted by Gasteiger charge is 2.20. The van der Waals surface area contributed by atoms with Crippen molar-refractivity contribution in [2.45, 2.75) is 25.8 Å². The summed E-state index contributed by atoms with van der Waals surface area (Å²) in [4.78, 5) is 1.06. The van der Waals surface area contributed by atoms with Crippen molar-refractivity contribution < 1.29 is 4.42 Å². The van der Waals surface area contributed by atoms with Gasteiger partial charge in [0.1, 0.15) is 0 Å². The molecule has 0 saturated carbocycles. The van der Waals surface area contributed by atoms with Gasteiger partial charge in [-0.1, -0.05) is 17.8 Å². The first-order valence-electron chi connectivity index (χ1n) is 5.16. The summed E-state index contributed by atoms with van der Waals surface area (Å²) in [5.41, 5.74) is 4.78. The molecule has 3 N–H and O–H groups in total. The first kappa shape index (κ1) is 11.3. The zero-order chi connectivity index (χ0) is 11.4. The van der Waals surface area contributed by atoms with E-state index in [0.29, 0.717) is 0 Å². The van der Waals surface area contributed by atoms with Crippen LogP contribution in [0.15, 0.2) is 23.0 Å². The van der Waals surface area contributed by atoms with Crippen LogP contribution in [0.3, 0.4) is 0 Å². The molecule has 0 radical (unpaired) electrons. The number of hydrogen-bond donors (Lipinski definition) is 2. The second kappa shape index (κ2) is 5.20. The summed E-state index contributed by atoms with van der Waals surface area (Å²) in [6.07, 6.45) is 5.27. The van der Waals surface area contributed by atoms with Crippen molar-refractivity contribution in [1.82, 2.24) is 15.0 Å². The number of nitrogens with two attached hydrogens (primary N) is 1. The lowest BCUT2D eigenvalue weighted by Gasteiger charge is -2.12. The Morgan fingerprint density at radius 3 is 3.12 bits per heavy atom. The number of aromatic nitrogens is 2. The Kier molecular flexibility index (Phi) is 3.66. The molecule has 0 saturated heterocycles. The van der Waals surface area contributed by atoms with Gasteiger partial charge in [0.05, 0.1) is 29.1 Å². The molecule has 0 spiro atoms. The number of aryl methyl sites for hydroxylation is 1. The normalized spacial score (nSPS) is 12.9. The molecular weight excluding hydrogens is 224 g/mol. The zero-order valence-corrected chi connectivity index (χ0v) is 9.83. The molecule has 2 heterocycles. The number of furan rings is 1. The first-order chi connectivity index (χ1) is 7.86. The highest BCUT2D eigenvalue weighted by atomic mass is 32.1. The van der Waals surface area contributed by atoms with Crippen LogP contribution in [0.1, 0.15) is 35.5 Å². The summed E-state index contributed by atoms with van der Waals surface area (Å²) in [5, 5.41) is 4.13. The molecule has 0 amide bonds. The largest absolute Gasteiger partial charge is 0.472 e. The van der Waals surface area contributed by atoms with Crippen molar-refractivity contribution in [3.05, 3.63) is 34.7 Å². The molecule has 1 atom stereocenters. The lowest BCUT2D eigenvalue weighted by atomic mass is 10.1. The highest BCUT2D eigenvalue weighted by molar-refractivity contribution is 7.05. The summed E-state index contributed by atoms with van der Waals surface area (Å²) in [7, 11) is 0. The second-order valence-corrected chi connectivity index (χ2v) is 4.28. The molecule has 0 aromatic carbocycles. The fourth-order valence-corrected chi connectivity index (χ4v) is 2.39. The van der Waals surface area contributed by atoms with E-state index in [1.54, 1.807) is 12.5 Å². The van der Waals surface area contributed by atoms with Crippen LogP contribution in [0.25, 0.3) is 0 Å². The van der Waals surface area contributed by atoms with Crippen LogP contribution in [-0.4, -0.2) is 9.59 Å². The third-order valence-electron chi connectivity index (χ3n) is 2.38. The summed E-state index contributed by atoms with van der Waals surface area (Å²) in [6.45, 7) is 2.12. The van der Waals surface area contributed by atoms with Crippen LogP contribution in [0.4, 0.5) is 0 Å². The minimum Gasteiger partial charge on any atom is -0.472 e. The molecule has 5 nitrogen and oxygen atoms in total. The van der Waals surface area contributed by atoms with Crippen molar-refractivity contribution in [1.29, 1.82) is 0 Å². The Balaban J connectivity index is 2.30. The molecule has 0 aliphatic rings. The van der Waals surface area contributed by atoms with Crippen molar-refractivity contribution >= 4 is 11.5 Å². The molecule has 2 rings (SSSR count). The molecule has 2 aromatic heterocycles. The molecule has 0 bridgehead atoms. The van der Waals surface area contributed by atoms with Crippen LogP contribution in [-0.2, 0) is 6.42 Å². The smallest absolute Gasteiger partial charge is 0.0954 e. The van der Waals surface area contributed by atoms with Gasteiger partial charge in [0.25, 0.3) is 0 Å². The third-order valence-corrected chi connectivity index (χ3v) is 3.21. The van der Waals surface area contributed by atoms with Crippen LogP contribution in [0.2, 0.25) is 0 Å². The van der Waals surface area contributed by atoms with Crippen LogP contribution in [0, 0.1) is 0 Å². The highest BCUT2D eigenvalue weighted by Crippen LogP contribution is 2.27. The average molecular weight is 238 g/mol. The van der Waals surface area contributed by atoms with Gasteiger partial charge in [-0.3, -0.25) is 5.84 Å². The molecule has 16 heavy (non-hydrogen) atoms. The van der Waals surface area contributed by atoms with Gasteiger partial charge in [-0.05, 0) is 24.0 Å². The van der Waals surface area contributed by atoms with Gasteiger partial charge in [0.15, 0.2) is 0 Å². The van der Waals surface area contributed by atoms with E-state index in [1.165, 1.54) is 11.5 Å². The molecule has 0 fully saturated rings. The Labute approximate surface area is 97.8 Å². The summed E-state index contributed by atoms with van der Waals surface area (Å²) in [6, 6.07) is 1.81. The van der Waals surface area contributed by atoms with Crippen LogP contribution < -0.4 is 11.3 Å². The van der Waals surface area contributed by atoms with Crippen molar-refractivity contribution in [3.8, 4) is 0 Å². The predicted molar refractivity (Wildman–Crippen MR) is 61.8 cm³/mol. The van der Waals surface area contributed by atoms with E-state index in [0.717, 1.165) is 29.0 Å². The maximum Gasteiger partial charge on any atom is 0.0954 e. The van der Waals surface area contributed by atoms with E-state index in [-0.39, 0.29) is 6.04 Å². The first-order valence-corrected chi connectivity index (χ1v) is 5.93. The number of nitrogens with one attached hydrogen (secondary N) is 1. The van der Waals surface area contributed by atoms with Gasteiger partial charge < -0.3 is 4.42 Å². The monoisotopic (exact) mass is 238 g/mol. The quantitative estimate of drug-likeness (QED) is 0.611. The molecule has 6 heteroatoms. The Morgan fingerprint density at radius 2 is 2.50 bits per heavy atom. The Bertz CT molecular complexity index is 426. The maximum atomic E-state index is 5.58. The number of rotatable bonds is 5. The number of nitrogens with zero attached hydrogens (tertiary/aromatic N) is 2. The number of hydrazine groups is 1. The van der Waals surface area contributed by atoms with Crippen molar-refractivity contribution in [3.63, 3.8) is 0 Å². The molecule has 0 aliphatic carbocycles. The molecule has 2 aromatic rings. The van der Waals surface area contributed by atoms with Gasteiger partial charge in [0, 0.05) is 5.56 Å². The van der Waals surface area contributed by atoms with Gasteiger partial charge in [0.2, 0.25) is 0 Å². The van der Waals surface area contributed by atoms with E-state index < -0.39 is 0 Å². The third kappa shape index (κ3) is 2.13. The topological polar surface area (TPSA) is 77.0 Å². The van der Waals surface area contributed by atoms with E-state index in [2.05, 4.69) is 21.9 Å². The number of hydrogen-bond acceptors (Lipinski definition) is 6. The molecule has 86 valence electrons. The van der Waals surface area contributed by atoms with Gasteiger partial charge in [-0.2, -0.15) is 0 Å². The average Bonchev–Trinajstić information content (AvgIpc) is 2.92. The fourth-order valence-electron chi connectivity index (χ4n) is 1.61. The van der Waals surface area contributed by atoms with E-state index in [9.17, 15) is 0 Å². The van der Waals surface area contributed by atoms with E-state index in [4.69, 9.17) is 10.3 Å². The van der Waals surface area contributed by atoms with Gasteiger partial charge in [-0.15, -0.1) is 5.10 Å². The summed E-state index contributed by atoms with van der Waals surface area (Å²) in [5.74, 6) is 5.58. The minimum absolute atomic E-state index is 0.0831. The van der Waals surface area contributed by atoms with E-state index in [1.807, 2.05) is 6.07 Å². The van der Waals surface area contributed by atoms with Gasteiger partial charge >= 0.3 is 0 Å². The minimum atomic E-state index is -0.0831. The van der Waals surface area contributed by atoms with Crippen LogP contribution >= 0.6 is 11.5 Å². The lowest BCUT2D eigenvalue weighted by Crippen LogP contribution is -2.28. The second-order valence-electron chi connectivity index (χ2n) is 3.49. The van der Waals surface area contributed by atoms with E-state index >= 15 is 0 Å². The predicted octanol–water partition coefficient (Wildman–Crippen LogP) is 1.64.